The molecule has 6 aromatic rings. The molecule has 0 amide bonds. The Kier molecular flexibility index (Phi) is 7.50. The van der Waals surface area contributed by atoms with Gasteiger partial charge in [0.05, 0.1) is 32.9 Å². The smallest absolute Gasteiger partial charge is 0.0625 e. The zero-order valence-electron chi connectivity index (χ0n) is 106. The van der Waals surface area contributed by atoms with Crippen LogP contribution in [0.5, 0.6) is 0 Å². The SMILES string of the molecule is [2H]C1([2H])C([2H])([2H])C([2H])([2H])C([2H])(C)C([2H])([2H])C1([2H])[2H].[2H]c1c([2H])c(C(C([2H])([2H])[2H])(C([2H])([2H])[2H])C([2H])([2H])[2H])c([2H])c([2H])c1C.[2H]c1c([2H])c(C(C)(C)C)c([2H])c([2H])c1C.[2H]c1c([2H])c(C)c([2H])c(C(C([2H])([2H])[2H])(C([2H])([2H])[2H])C([2H])([2H])[2H])c1[2H].[2H]c1c([2H])c(C)c([2H])c(C(C)(C)C)c1[2H].[2H]c1c([2H])c([2H])c(C(C([2H])([2H])[2H])(C([2H])([2H])[2H])C([2H])([2H])[2H])c(C)c1[2H].[2H]c1c([2H])c([2H])c(C(C)(C)C)c(C)c1[2H]. The molecule has 1 saturated carbocycles. The van der Waals surface area contributed by atoms with Crippen molar-refractivity contribution in [1.29, 1.82) is 0 Å². The van der Waals surface area contributed by atoms with E-state index < -0.39 is 210 Å². The lowest BCUT2D eigenvalue weighted by Gasteiger charge is -2.21. The van der Waals surface area contributed by atoms with Crippen molar-refractivity contribution in [2.24, 2.45) is 5.89 Å². The van der Waals surface area contributed by atoms with Crippen molar-refractivity contribution >= 4 is 0 Å². The maximum Gasteiger partial charge on any atom is 0.0629 e. The van der Waals surface area contributed by atoms with Crippen LogP contribution in [-0.4, -0.2) is 0 Å². The van der Waals surface area contributed by atoms with Crippen LogP contribution in [0, 0.1) is 47.4 Å². The summed E-state index contributed by atoms with van der Waals surface area (Å²) < 4.78 is 475. The molecule has 7 rings (SSSR count). The van der Waals surface area contributed by atoms with Gasteiger partial charge >= 0.3 is 0 Å². The second kappa shape index (κ2) is 30.0. The third-order valence-corrected chi connectivity index (χ3v) is 8.75. The molecule has 0 N–H and O–H groups in total. The van der Waals surface area contributed by atoms with E-state index in [1.165, 1.54) is 13.8 Å². The molecule has 6 aromatic carbocycles. The predicted octanol–water partition coefficient (Wildman–Crippen LogP) is 22.3. The summed E-state index contributed by atoms with van der Waals surface area (Å²) in [6.45, 7) is -5.89. The summed E-state index contributed by atoms with van der Waals surface area (Å²) in [5.74, 6) is -2.78. The second-order valence-corrected chi connectivity index (χ2v) is 19.2. The van der Waals surface area contributed by atoms with E-state index in [-0.39, 0.29) is 99.9 Å². The van der Waals surface area contributed by atoms with E-state index in [1.54, 1.807) is 20.8 Å². The van der Waals surface area contributed by atoms with E-state index in [4.69, 9.17) is 85.0 Å². The van der Waals surface area contributed by atoms with Gasteiger partial charge in [-0.3, -0.25) is 0 Å². The minimum Gasteiger partial charge on any atom is -0.0625 e. The Morgan fingerprint density at radius 2 is 0.685 bits per heavy atom. The molecule has 1 fully saturated rings. The van der Waals surface area contributed by atoms with Gasteiger partial charge in [0.15, 0.2) is 0 Å². The first-order valence-electron chi connectivity index (χ1n) is 53.2. The second-order valence-electron chi connectivity index (χ2n) is 19.2. The molecular formula is C73H110. The van der Waals surface area contributed by atoms with Gasteiger partial charge in [0.2, 0.25) is 0 Å². The average Bonchev–Trinajstić information content (AvgIpc) is 0.710. The summed E-state index contributed by atoms with van der Waals surface area (Å²) in [6, 6.07) is -9.43. The number of hydrogen-bond acceptors (Lipinski definition) is 0. The standard InChI is InChI=1S/6C11H16.C7H14/c2*1-9-5-7-10(8-6-9)11(2,3)4;2*1-9-6-5-7-10(8-9)11(2,3)4;2*1-9-7-5-6-8-10(9)11(2,3)4;1-7-5-3-2-4-6-7/h6*5-8H,1-4H3;7H,2-6H2,1H3/i2D3,3D3,4D3,5D,6D,7D,8D;5D,6D,7D,8D;2D3,3D3,4D3,5D,6D,7D,8D;5D,6D,7D,8D;2D3,3D3,4D3,5D,6D,7D,8D;5D,6D,7D,8D;2D2,3D2,4D2,5D2,6D2,7D. The summed E-state index contributed by atoms with van der Waals surface area (Å²) in [5.41, 5.74) is -12.1. The van der Waals surface area contributed by atoms with E-state index in [0.29, 0.717) is 33.4 Å². The summed E-state index contributed by atoms with van der Waals surface area (Å²) in [6.07, 6.45) is -16.5. The minimum absolute atomic E-state index is 0.00185. The molecule has 73 heavy (non-hydrogen) atoms. The van der Waals surface area contributed by atoms with Crippen molar-refractivity contribution in [1.82, 2.24) is 0 Å². The van der Waals surface area contributed by atoms with E-state index in [0.717, 1.165) is 13.8 Å². The van der Waals surface area contributed by atoms with Crippen molar-refractivity contribution in [2.45, 2.75) is 237 Å². The molecule has 0 heterocycles. The molecule has 0 saturated heterocycles. The first-order chi connectivity index (χ1) is 58.8. The highest BCUT2D eigenvalue weighted by atomic mass is 14.2. The molecule has 0 aromatic heterocycles. The Bertz CT molecular complexity index is 4480. The van der Waals surface area contributed by atoms with E-state index >= 15 is 0 Å². The Labute approximate surface area is 540 Å². The molecule has 0 nitrogen and oxygen atoms in total. The lowest BCUT2D eigenvalue weighted by Crippen LogP contribution is -2.12. The summed E-state index contributed by atoms with van der Waals surface area (Å²) in [5, 5.41) is 0. The number of benzene rings is 6. The largest absolute Gasteiger partial charge is 0.0629 e. The topological polar surface area (TPSA) is 0 Å². The van der Waals surface area contributed by atoms with Crippen molar-refractivity contribution in [2.75, 3.05) is 0 Å². The lowest BCUT2D eigenvalue weighted by molar-refractivity contribution is 0.385. The van der Waals surface area contributed by atoms with E-state index in [9.17, 15) is 0 Å². The molecular weight excluding hydrogens is 877 g/mol. The van der Waals surface area contributed by atoms with Crippen LogP contribution in [0.2, 0.25) is 0 Å². The van der Waals surface area contributed by atoms with Crippen LogP contribution in [0.1, 0.15) is 315 Å². The molecule has 402 valence electrons. The van der Waals surface area contributed by atoms with Gasteiger partial charge in [0, 0.05) is 52.1 Å². The lowest BCUT2D eigenvalue weighted by atomic mass is 9.84. The van der Waals surface area contributed by atoms with Gasteiger partial charge in [0.1, 0.15) is 0 Å². The highest BCUT2D eigenvalue weighted by Gasteiger charge is 2.17. The highest BCUT2D eigenvalue weighted by Crippen LogP contribution is 2.28. The van der Waals surface area contributed by atoms with Crippen LogP contribution in [-0.2, 0) is 32.5 Å². The normalized spacial score (nSPS) is 30.7. The average molecular weight is 1050 g/mol. The van der Waals surface area contributed by atoms with Crippen LogP contribution in [0.25, 0.3) is 0 Å². The zero-order chi connectivity index (χ0) is 109. The van der Waals surface area contributed by atoms with Gasteiger partial charge in [-0.1, -0.05) is 330 Å². The maximum absolute atomic E-state index is 8.00. The van der Waals surface area contributed by atoms with Gasteiger partial charge in [0.25, 0.3) is 0 Å². The fourth-order valence-electron chi connectivity index (χ4n) is 4.94. The van der Waals surface area contributed by atoms with Crippen LogP contribution in [0.15, 0.2) is 145 Å². The molecule has 0 radical (unpaired) electrons. The Morgan fingerprint density at radius 1 is 0.356 bits per heavy atom. The highest BCUT2D eigenvalue weighted by molar-refractivity contribution is 5.33. The van der Waals surface area contributed by atoms with E-state index in [1.807, 2.05) is 62.3 Å². The van der Waals surface area contributed by atoms with Crippen molar-refractivity contribution in [3.63, 3.8) is 0 Å². The van der Waals surface area contributed by atoms with Crippen molar-refractivity contribution < 1.29 is 85.0 Å². The third-order valence-electron chi connectivity index (χ3n) is 8.75. The van der Waals surface area contributed by atoms with Crippen LogP contribution in [0.4, 0.5) is 0 Å². The molecule has 0 aliphatic heterocycles. The van der Waals surface area contributed by atoms with E-state index in [2.05, 4.69) is 0 Å². The van der Waals surface area contributed by atoms with Gasteiger partial charge in [-0.15, -0.1) is 0 Å². The van der Waals surface area contributed by atoms with Gasteiger partial charge < -0.3 is 0 Å². The minimum atomic E-state index is -3.64. The molecule has 1 aliphatic carbocycles. The molecule has 1 aliphatic rings. The molecule has 0 unspecified atom stereocenters. The first kappa shape index (κ1) is 18.2. The van der Waals surface area contributed by atoms with Crippen LogP contribution >= 0.6 is 0 Å². The fourth-order valence-corrected chi connectivity index (χ4v) is 4.94. The summed E-state index contributed by atoms with van der Waals surface area (Å²) in [7, 11) is 0. The maximum atomic E-state index is 8.00. The Morgan fingerprint density at radius 3 is 1.04 bits per heavy atom. The Hall–Kier alpha value is -4.68. The molecule has 0 heteroatoms. The van der Waals surface area contributed by atoms with Gasteiger partial charge in [-0.2, -0.15) is 0 Å². The first-order valence-corrected chi connectivity index (χ1v) is 22.2. The van der Waals surface area contributed by atoms with Gasteiger partial charge in [-0.05, 0) is 124 Å². The van der Waals surface area contributed by atoms with Crippen LogP contribution in [0.3, 0.4) is 0 Å². The molecule has 0 spiro atoms. The summed E-state index contributed by atoms with van der Waals surface area (Å²) >= 11 is 0. The molecule has 0 atom stereocenters. The van der Waals surface area contributed by atoms with Crippen molar-refractivity contribution in [3.8, 4) is 0 Å². The number of hydrogen-bond donors (Lipinski definition) is 0. The fraction of sp³-hybridized carbons (Fsp3) is 0.507. The Balaban J connectivity index is 0.000000795. The van der Waals surface area contributed by atoms with Crippen LogP contribution < -0.4 is 0 Å². The van der Waals surface area contributed by atoms with Crippen molar-refractivity contribution in [3.05, 3.63) is 212 Å². The third kappa shape index (κ3) is 28.0. The quantitative estimate of drug-likeness (QED) is 0.142. The summed E-state index contributed by atoms with van der Waals surface area (Å²) in [4.78, 5) is 0. The monoisotopic (exact) mass is 1050 g/mol. The number of rotatable bonds is 0. The van der Waals surface area contributed by atoms with Gasteiger partial charge in [-0.25, -0.2) is 0 Å². The zero-order valence-corrected chi connectivity index (χ0v) is 44.5. The predicted molar refractivity (Wildman–Crippen MR) is 332 cm³/mol. The molecule has 0 bridgehead atoms.